The van der Waals surface area contributed by atoms with Gasteiger partial charge in [0, 0.05) is 5.56 Å². The van der Waals surface area contributed by atoms with Crippen LogP contribution in [0.4, 0.5) is 0 Å². The molecule has 0 saturated heterocycles. The van der Waals surface area contributed by atoms with E-state index in [0.29, 0.717) is 17.9 Å². The van der Waals surface area contributed by atoms with Crippen molar-refractivity contribution in [3.63, 3.8) is 0 Å². The Labute approximate surface area is 102 Å². The molecule has 0 aromatic heterocycles. The Bertz CT molecular complexity index is 494. The summed E-state index contributed by atoms with van der Waals surface area (Å²) in [6.45, 7) is 7.36. The van der Waals surface area contributed by atoms with E-state index in [1.807, 2.05) is 6.07 Å². The van der Waals surface area contributed by atoms with Gasteiger partial charge in [-0.3, -0.25) is 0 Å². The average Bonchev–Trinajstić information content (AvgIpc) is 2.80. The third-order valence-corrected chi connectivity index (χ3v) is 4.14. The van der Waals surface area contributed by atoms with E-state index in [0.717, 1.165) is 17.5 Å². The van der Waals surface area contributed by atoms with Crippen molar-refractivity contribution in [1.29, 1.82) is 0 Å². The van der Waals surface area contributed by atoms with Crippen molar-refractivity contribution in [3.05, 3.63) is 34.4 Å². The van der Waals surface area contributed by atoms with Crippen molar-refractivity contribution in [1.82, 2.24) is 0 Å². The number of esters is 1. The lowest BCUT2D eigenvalue weighted by Gasteiger charge is -2.27. The molecule has 0 radical (unpaired) electrons. The molecule has 1 unspecified atom stereocenters. The topological polar surface area (TPSA) is 26.3 Å². The minimum absolute atomic E-state index is 0.151. The van der Waals surface area contributed by atoms with Gasteiger partial charge >= 0.3 is 5.97 Å². The second-order valence-corrected chi connectivity index (χ2v) is 6.19. The summed E-state index contributed by atoms with van der Waals surface area (Å²) in [7, 11) is 0. The van der Waals surface area contributed by atoms with Gasteiger partial charge in [-0.25, -0.2) is 4.79 Å². The number of ether oxygens (including phenoxy) is 1. The third-order valence-electron chi connectivity index (χ3n) is 4.14. The first-order valence-electron chi connectivity index (χ1n) is 6.30. The summed E-state index contributed by atoms with van der Waals surface area (Å²) in [5, 5.41) is 0. The van der Waals surface area contributed by atoms with Gasteiger partial charge in [0.1, 0.15) is 6.61 Å². The van der Waals surface area contributed by atoms with E-state index in [4.69, 9.17) is 4.74 Å². The normalized spacial score (nSPS) is 22.3. The zero-order chi connectivity index (χ0) is 12.2. The van der Waals surface area contributed by atoms with Crippen molar-refractivity contribution in [3.8, 4) is 0 Å². The van der Waals surface area contributed by atoms with Crippen LogP contribution >= 0.6 is 0 Å². The molecule has 1 aromatic carbocycles. The average molecular weight is 230 g/mol. The van der Waals surface area contributed by atoms with E-state index in [1.165, 1.54) is 17.5 Å². The van der Waals surface area contributed by atoms with Gasteiger partial charge in [0.25, 0.3) is 0 Å². The van der Waals surface area contributed by atoms with E-state index < -0.39 is 0 Å². The zero-order valence-corrected chi connectivity index (χ0v) is 10.7. The molecule has 2 heteroatoms. The van der Waals surface area contributed by atoms with Gasteiger partial charge in [0.2, 0.25) is 0 Å². The Kier molecular flexibility index (Phi) is 2.13. The fraction of sp³-hybridized carbons (Fsp3) is 0.533. The number of fused-ring (bicyclic) bond motifs is 3. The smallest absolute Gasteiger partial charge is 0.338 e. The minimum Gasteiger partial charge on any atom is -0.457 e. The molecule has 90 valence electrons. The SMILES string of the molecule is CC(C)(C)C1CCc2c1ccc1c2COC1=O. The Morgan fingerprint density at radius 2 is 2.00 bits per heavy atom. The van der Waals surface area contributed by atoms with Gasteiger partial charge in [0.05, 0.1) is 5.56 Å². The maximum atomic E-state index is 11.5. The molecule has 17 heavy (non-hydrogen) atoms. The first kappa shape index (κ1) is 10.8. The van der Waals surface area contributed by atoms with Crippen molar-refractivity contribution >= 4 is 5.97 Å². The van der Waals surface area contributed by atoms with E-state index in [-0.39, 0.29) is 5.97 Å². The van der Waals surface area contributed by atoms with Crippen molar-refractivity contribution in [2.75, 3.05) is 0 Å². The number of hydrogen-bond acceptors (Lipinski definition) is 2. The van der Waals surface area contributed by atoms with Gasteiger partial charge < -0.3 is 4.74 Å². The summed E-state index contributed by atoms with van der Waals surface area (Å²) in [4.78, 5) is 11.5. The number of hydrogen-bond donors (Lipinski definition) is 0. The van der Waals surface area contributed by atoms with Crippen molar-refractivity contribution < 1.29 is 9.53 Å². The predicted octanol–water partition coefficient (Wildman–Crippen LogP) is 3.43. The zero-order valence-electron chi connectivity index (χ0n) is 10.7. The molecule has 1 atom stereocenters. The molecule has 2 aliphatic rings. The van der Waals surface area contributed by atoms with E-state index >= 15 is 0 Å². The molecular weight excluding hydrogens is 212 g/mol. The van der Waals surface area contributed by atoms with Crippen LogP contribution < -0.4 is 0 Å². The maximum Gasteiger partial charge on any atom is 0.338 e. The Morgan fingerprint density at radius 1 is 1.24 bits per heavy atom. The molecule has 1 aliphatic heterocycles. The molecule has 0 spiro atoms. The molecule has 0 fully saturated rings. The summed E-state index contributed by atoms with van der Waals surface area (Å²) in [6, 6.07) is 4.09. The van der Waals surface area contributed by atoms with Crippen molar-refractivity contribution in [2.45, 2.75) is 46.1 Å². The van der Waals surface area contributed by atoms with Crippen LogP contribution in [0.25, 0.3) is 0 Å². The predicted molar refractivity (Wildman–Crippen MR) is 66.1 cm³/mol. The molecule has 0 N–H and O–H groups in total. The van der Waals surface area contributed by atoms with Gasteiger partial charge in [-0.2, -0.15) is 0 Å². The molecule has 1 aliphatic carbocycles. The summed E-state index contributed by atoms with van der Waals surface area (Å²) >= 11 is 0. The number of rotatable bonds is 0. The molecular formula is C15H18O2. The fourth-order valence-electron chi connectivity index (χ4n) is 3.25. The number of carbonyl (C=O) groups is 1. The summed E-state index contributed by atoms with van der Waals surface area (Å²) < 4.78 is 5.13. The monoisotopic (exact) mass is 230 g/mol. The van der Waals surface area contributed by atoms with Crippen molar-refractivity contribution in [2.24, 2.45) is 5.41 Å². The maximum absolute atomic E-state index is 11.5. The summed E-state index contributed by atoms with van der Waals surface area (Å²) in [5.74, 6) is 0.459. The lowest BCUT2D eigenvalue weighted by atomic mass is 9.77. The molecule has 1 heterocycles. The summed E-state index contributed by atoms with van der Waals surface area (Å²) in [6.07, 6.45) is 2.29. The second kappa shape index (κ2) is 3.34. The molecule has 0 saturated carbocycles. The Hall–Kier alpha value is -1.31. The van der Waals surface area contributed by atoms with Gasteiger partial charge in [-0.15, -0.1) is 0 Å². The number of benzene rings is 1. The van der Waals surface area contributed by atoms with E-state index in [9.17, 15) is 4.79 Å². The van der Waals surface area contributed by atoms with E-state index in [2.05, 4.69) is 26.8 Å². The lowest BCUT2D eigenvalue weighted by Crippen LogP contribution is -2.15. The highest BCUT2D eigenvalue weighted by molar-refractivity contribution is 5.94. The molecule has 0 bridgehead atoms. The fourth-order valence-corrected chi connectivity index (χ4v) is 3.25. The summed E-state index contributed by atoms with van der Waals surface area (Å²) in [5.41, 5.74) is 5.06. The van der Waals surface area contributed by atoms with Crippen LogP contribution in [0, 0.1) is 5.41 Å². The highest BCUT2D eigenvalue weighted by atomic mass is 16.5. The molecule has 2 nitrogen and oxygen atoms in total. The number of cyclic esters (lactones) is 1. The molecule has 0 amide bonds. The first-order valence-corrected chi connectivity index (χ1v) is 6.30. The highest BCUT2D eigenvalue weighted by Gasteiger charge is 2.36. The van der Waals surface area contributed by atoms with Gasteiger partial charge in [-0.1, -0.05) is 26.8 Å². The van der Waals surface area contributed by atoms with Crippen LogP contribution in [0.3, 0.4) is 0 Å². The van der Waals surface area contributed by atoms with Crippen LogP contribution in [0.5, 0.6) is 0 Å². The standard InChI is InChI=1S/C15H18O2/c1-15(2,3)13-7-6-9-10(13)4-5-11-12(9)8-17-14(11)16/h4-5,13H,6-8H2,1-3H3. The minimum atomic E-state index is -0.151. The molecule has 3 rings (SSSR count). The Morgan fingerprint density at radius 3 is 2.71 bits per heavy atom. The third kappa shape index (κ3) is 1.50. The van der Waals surface area contributed by atoms with Crippen LogP contribution in [0.1, 0.15) is 60.2 Å². The lowest BCUT2D eigenvalue weighted by molar-refractivity contribution is 0.0535. The van der Waals surface area contributed by atoms with Gasteiger partial charge in [0.15, 0.2) is 0 Å². The van der Waals surface area contributed by atoms with Gasteiger partial charge in [-0.05, 0) is 41.4 Å². The highest BCUT2D eigenvalue weighted by Crippen LogP contribution is 2.47. The van der Waals surface area contributed by atoms with Crippen LogP contribution in [0.15, 0.2) is 12.1 Å². The quantitative estimate of drug-likeness (QED) is 0.638. The largest absolute Gasteiger partial charge is 0.457 e. The molecule has 1 aromatic rings. The first-order chi connectivity index (χ1) is 7.98. The van der Waals surface area contributed by atoms with E-state index in [1.54, 1.807) is 0 Å². The Balaban J connectivity index is 2.12. The second-order valence-electron chi connectivity index (χ2n) is 6.19. The van der Waals surface area contributed by atoms with Crippen LogP contribution in [0.2, 0.25) is 0 Å². The van der Waals surface area contributed by atoms with Crippen LogP contribution in [-0.2, 0) is 17.8 Å². The number of carbonyl (C=O) groups excluding carboxylic acids is 1. The van der Waals surface area contributed by atoms with Crippen LogP contribution in [-0.4, -0.2) is 5.97 Å².